The van der Waals surface area contributed by atoms with E-state index in [9.17, 15) is 4.79 Å². The molecule has 0 fully saturated rings. The van der Waals surface area contributed by atoms with Crippen LogP contribution in [0.5, 0.6) is 11.5 Å². The fourth-order valence-electron chi connectivity index (χ4n) is 2.47. The predicted octanol–water partition coefficient (Wildman–Crippen LogP) is 4.09. The molecule has 0 aromatic heterocycles. The van der Waals surface area contributed by atoms with Gasteiger partial charge in [-0.2, -0.15) is 0 Å². The Morgan fingerprint density at radius 1 is 1.12 bits per heavy atom. The number of carbonyl (C=O) groups is 1. The molecule has 0 atom stereocenters. The lowest BCUT2D eigenvalue weighted by Crippen LogP contribution is -2.27. The van der Waals surface area contributed by atoms with E-state index in [1.165, 1.54) is 0 Å². The highest BCUT2D eigenvalue weighted by Crippen LogP contribution is 2.28. The standard InChI is InChI=1S/C21H28N2O3/c1-5-26-19-10-9-16(11-20(19)25-4)14-22-18-8-6-7-17(12-18)21(24)23-13-15(2)3/h6-12,15,22H,5,13-14H2,1-4H3,(H,23,24). The van der Waals surface area contributed by atoms with E-state index in [0.717, 1.165) is 17.0 Å². The molecule has 0 aliphatic heterocycles. The molecule has 0 aliphatic carbocycles. The van der Waals surface area contributed by atoms with E-state index >= 15 is 0 Å². The summed E-state index contributed by atoms with van der Waals surface area (Å²) in [4.78, 5) is 12.2. The van der Waals surface area contributed by atoms with Crippen molar-refractivity contribution in [3.63, 3.8) is 0 Å². The Labute approximate surface area is 155 Å². The highest BCUT2D eigenvalue weighted by molar-refractivity contribution is 5.95. The zero-order valence-electron chi connectivity index (χ0n) is 16.0. The minimum absolute atomic E-state index is 0.0508. The van der Waals surface area contributed by atoms with Gasteiger partial charge < -0.3 is 20.1 Å². The number of ether oxygens (including phenoxy) is 2. The average molecular weight is 356 g/mol. The van der Waals surface area contributed by atoms with Crippen molar-refractivity contribution in [3.8, 4) is 11.5 Å². The second kappa shape index (κ2) is 9.70. The summed E-state index contributed by atoms with van der Waals surface area (Å²) in [6.45, 7) is 7.98. The van der Waals surface area contributed by atoms with E-state index in [1.54, 1.807) is 7.11 Å². The fourth-order valence-corrected chi connectivity index (χ4v) is 2.47. The summed E-state index contributed by atoms with van der Waals surface area (Å²) in [6, 6.07) is 13.4. The molecule has 0 bridgehead atoms. The molecule has 2 aromatic carbocycles. The molecule has 2 rings (SSSR count). The van der Waals surface area contributed by atoms with Gasteiger partial charge in [0.1, 0.15) is 0 Å². The summed E-state index contributed by atoms with van der Waals surface area (Å²) < 4.78 is 10.9. The van der Waals surface area contributed by atoms with E-state index in [0.29, 0.717) is 36.9 Å². The van der Waals surface area contributed by atoms with Crippen LogP contribution in [0.4, 0.5) is 5.69 Å². The number of benzene rings is 2. The Kier molecular flexibility index (Phi) is 7.33. The van der Waals surface area contributed by atoms with Crippen LogP contribution in [0.1, 0.15) is 36.7 Å². The van der Waals surface area contributed by atoms with Gasteiger partial charge in [0.2, 0.25) is 0 Å². The first-order valence-electron chi connectivity index (χ1n) is 8.95. The first-order valence-corrected chi connectivity index (χ1v) is 8.95. The zero-order valence-corrected chi connectivity index (χ0v) is 16.0. The topological polar surface area (TPSA) is 59.6 Å². The van der Waals surface area contributed by atoms with Crippen molar-refractivity contribution in [2.24, 2.45) is 5.92 Å². The van der Waals surface area contributed by atoms with Crippen molar-refractivity contribution in [3.05, 3.63) is 53.6 Å². The van der Waals surface area contributed by atoms with E-state index in [1.807, 2.05) is 49.4 Å². The molecule has 5 nitrogen and oxygen atoms in total. The van der Waals surface area contributed by atoms with Crippen LogP contribution >= 0.6 is 0 Å². The van der Waals surface area contributed by atoms with Gasteiger partial charge in [0.05, 0.1) is 13.7 Å². The molecule has 1 amide bonds. The molecule has 0 unspecified atom stereocenters. The molecule has 2 N–H and O–H groups in total. The van der Waals surface area contributed by atoms with E-state index < -0.39 is 0 Å². The van der Waals surface area contributed by atoms with E-state index in [4.69, 9.17) is 9.47 Å². The van der Waals surface area contributed by atoms with Crippen LogP contribution < -0.4 is 20.1 Å². The van der Waals surface area contributed by atoms with Crippen molar-refractivity contribution in [2.75, 3.05) is 25.6 Å². The Hall–Kier alpha value is -2.69. The van der Waals surface area contributed by atoms with Gasteiger partial charge in [0, 0.05) is 24.3 Å². The van der Waals surface area contributed by atoms with Gasteiger partial charge in [-0.25, -0.2) is 0 Å². The molecule has 26 heavy (non-hydrogen) atoms. The number of hydrogen-bond acceptors (Lipinski definition) is 4. The summed E-state index contributed by atoms with van der Waals surface area (Å²) in [5.74, 6) is 1.83. The highest BCUT2D eigenvalue weighted by Gasteiger charge is 2.08. The van der Waals surface area contributed by atoms with Crippen LogP contribution in [-0.2, 0) is 6.54 Å². The maximum absolute atomic E-state index is 12.2. The Morgan fingerprint density at radius 2 is 1.92 bits per heavy atom. The van der Waals surface area contributed by atoms with Crippen molar-refractivity contribution in [2.45, 2.75) is 27.3 Å². The van der Waals surface area contributed by atoms with Crippen molar-refractivity contribution in [1.29, 1.82) is 0 Å². The number of carbonyl (C=O) groups excluding carboxylic acids is 1. The largest absolute Gasteiger partial charge is 0.493 e. The summed E-state index contributed by atoms with van der Waals surface area (Å²) in [5.41, 5.74) is 2.62. The average Bonchev–Trinajstić information content (AvgIpc) is 2.65. The molecule has 2 aromatic rings. The normalized spacial score (nSPS) is 10.5. The lowest BCUT2D eigenvalue weighted by molar-refractivity contribution is 0.0949. The van der Waals surface area contributed by atoms with Crippen molar-refractivity contribution in [1.82, 2.24) is 5.32 Å². The third kappa shape index (κ3) is 5.69. The number of hydrogen-bond donors (Lipinski definition) is 2. The van der Waals surface area contributed by atoms with E-state index in [2.05, 4.69) is 24.5 Å². The van der Waals surface area contributed by atoms with Gasteiger partial charge in [0.15, 0.2) is 11.5 Å². The van der Waals surface area contributed by atoms with Gasteiger partial charge in [-0.15, -0.1) is 0 Å². The minimum atomic E-state index is -0.0508. The Morgan fingerprint density at radius 3 is 2.62 bits per heavy atom. The molecular weight excluding hydrogens is 328 g/mol. The minimum Gasteiger partial charge on any atom is -0.493 e. The van der Waals surface area contributed by atoms with Gasteiger partial charge in [-0.05, 0) is 48.7 Å². The number of amides is 1. The maximum atomic E-state index is 12.2. The van der Waals surface area contributed by atoms with Gasteiger partial charge >= 0.3 is 0 Å². The lowest BCUT2D eigenvalue weighted by Gasteiger charge is -2.13. The second-order valence-corrected chi connectivity index (χ2v) is 6.46. The number of methoxy groups -OCH3 is 1. The predicted molar refractivity (Wildman–Crippen MR) is 105 cm³/mol. The molecule has 0 spiro atoms. The molecule has 0 saturated carbocycles. The van der Waals surface area contributed by atoms with Crippen LogP contribution in [0, 0.1) is 5.92 Å². The van der Waals surface area contributed by atoms with Gasteiger partial charge in [-0.3, -0.25) is 4.79 Å². The van der Waals surface area contributed by atoms with E-state index in [-0.39, 0.29) is 5.91 Å². The lowest BCUT2D eigenvalue weighted by atomic mass is 10.1. The van der Waals surface area contributed by atoms with Crippen LogP contribution in [-0.4, -0.2) is 26.2 Å². The quantitative estimate of drug-likeness (QED) is 0.710. The van der Waals surface area contributed by atoms with Crippen LogP contribution in [0.15, 0.2) is 42.5 Å². The van der Waals surface area contributed by atoms with Crippen LogP contribution in [0.2, 0.25) is 0 Å². The SMILES string of the molecule is CCOc1ccc(CNc2cccc(C(=O)NCC(C)C)c2)cc1OC. The number of nitrogens with one attached hydrogen (secondary N) is 2. The smallest absolute Gasteiger partial charge is 0.251 e. The molecule has 0 aliphatic rings. The molecule has 0 saturated heterocycles. The molecule has 140 valence electrons. The zero-order chi connectivity index (χ0) is 18.9. The summed E-state index contributed by atoms with van der Waals surface area (Å²) in [7, 11) is 1.63. The molecule has 5 heteroatoms. The van der Waals surface area contributed by atoms with Gasteiger partial charge in [0.25, 0.3) is 5.91 Å². The van der Waals surface area contributed by atoms with Crippen LogP contribution in [0.25, 0.3) is 0 Å². The van der Waals surface area contributed by atoms with Crippen LogP contribution in [0.3, 0.4) is 0 Å². The maximum Gasteiger partial charge on any atom is 0.251 e. The second-order valence-electron chi connectivity index (χ2n) is 6.46. The molecule has 0 heterocycles. The Bertz CT molecular complexity index is 729. The fraction of sp³-hybridized carbons (Fsp3) is 0.381. The van der Waals surface area contributed by atoms with Crippen molar-refractivity contribution >= 4 is 11.6 Å². The van der Waals surface area contributed by atoms with Crippen molar-refractivity contribution < 1.29 is 14.3 Å². The van der Waals surface area contributed by atoms with Gasteiger partial charge in [-0.1, -0.05) is 26.0 Å². The third-order valence-corrected chi connectivity index (χ3v) is 3.82. The summed E-state index contributed by atoms with van der Waals surface area (Å²) >= 11 is 0. The third-order valence-electron chi connectivity index (χ3n) is 3.82. The number of rotatable bonds is 9. The first-order chi connectivity index (χ1) is 12.5. The summed E-state index contributed by atoms with van der Waals surface area (Å²) in [5, 5.41) is 6.28. The number of anilines is 1. The summed E-state index contributed by atoms with van der Waals surface area (Å²) in [6.07, 6.45) is 0. The molecular formula is C21H28N2O3. The highest BCUT2D eigenvalue weighted by atomic mass is 16.5. The first kappa shape index (κ1) is 19.6. The molecule has 0 radical (unpaired) electrons. The Balaban J connectivity index is 2.01. The monoisotopic (exact) mass is 356 g/mol.